The third kappa shape index (κ3) is 2.28. The van der Waals surface area contributed by atoms with E-state index in [1.165, 1.54) is 0 Å². The van der Waals surface area contributed by atoms with Crippen molar-refractivity contribution in [3.63, 3.8) is 0 Å². The molecule has 1 aromatic heterocycles. The van der Waals surface area contributed by atoms with Crippen molar-refractivity contribution < 1.29 is 4.79 Å². The summed E-state index contributed by atoms with van der Waals surface area (Å²) in [5.41, 5.74) is 1.97. The Morgan fingerprint density at radius 2 is 2.18 bits per heavy atom. The highest BCUT2D eigenvalue weighted by Crippen LogP contribution is 2.21. The summed E-state index contributed by atoms with van der Waals surface area (Å²) in [7, 11) is 0. The van der Waals surface area contributed by atoms with E-state index in [-0.39, 0.29) is 11.9 Å². The fourth-order valence-corrected chi connectivity index (χ4v) is 1.65. The minimum atomic E-state index is -0.124. The van der Waals surface area contributed by atoms with Crippen LogP contribution in [0.15, 0.2) is 24.3 Å². The highest BCUT2D eigenvalue weighted by Gasteiger charge is 2.10. The number of amides is 1. The molecule has 1 heterocycles. The quantitative estimate of drug-likeness (QED) is 0.761. The molecule has 0 aliphatic carbocycles. The molecule has 0 saturated carbocycles. The van der Waals surface area contributed by atoms with E-state index in [9.17, 15) is 4.79 Å². The van der Waals surface area contributed by atoms with Crippen molar-refractivity contribution in [1.29, 1.82) is 0 Å². The first-order valence-electron chi connectivity index (χ1n) is 5.41. The maximum Gasteiger partial charge on any atom is 0.267 e. The highest BCUT2D eigenvalue weighted by atomic mass is 16.1. The third-order valence-electron chi connectivity index (χ3n) is 2.40. The molecule has 0 aliphatic rings. The summed E-state index contributed by atoms with van der Waals surface area (Å²) < 4.78 is 0. The number of nitrogens with one attached hydrogen (secondary N) is 2. The molecule has 0 unspecified atom stereocenters. The van der Waals surface area contributed by atoms with Gasteiger partial charge in [0.25, 0.3) is 5.91 Å². The first-order chi connectivity index (χ1) is 8.10. The van der Waals surface area contributed by atoms with Crippen molar-refractivity contribution in [3.8, 4) is 0 Å². The van der Waals surface area contributed by atoms with Gasteiger partial charge in [-0.2, -0.15) is 0 Å². The third-order valence-corrected chi connectivity index (χ3v) is 2.40. The number of hydrogen-bond donors (Lipinski definition) is 2. The minimum Gasteiger partial charge on any atom is -0.351 e. The zero-order valence-corrected chi connectivity index (χ0v) is 9.74. The molecule has 17 heavy (non-hydrogen) atoms. The number of aromatic nitrogens is 1. The lowest BCUT2D eigenvalue weighted by molar-refractivity contribution is 0.0939. The molecular weight excluding hydrogens is 214 g/mol. The first kappa shape index (κ1) is 11.2. The summed E-state index contributed by atoms with van der Waals surface area (Å²) in [6, 6.07) is 7.19. The number of fused-ring (bicyclic) bond motifs is 1. The normalized spacial score (nSPS) is 10.5. The summed E-state index contributed by atoms with van der Waals surface area (Å²) >= 11 is 0. The largest absolute Gasteiger partial charge is 0.351 e. The van der Waals surface area contributed by atoms with E-state index in [0.717, 1.165) is 10.9 Å². The number of carbonyl (C=O) groups excluding carboxylic acids is 1. The van der Waals surface area contributed by atoms with Gasteiger partial charge in [0.1, 0.15) is 5.69 Å². The van der Waals surface area contributed by atoms with Gasteiger partial charge in [-0.3, -0.25) is 4.79 Å². The molecule has 2 N–H and O–H groups in total. The lowest BCUT2D eigenvalue weighted by Crippen LogP contribution is -2.30. The number of benzene rings is 1. The van der Waals surface area contributed by atoms with Crippen molar-refractivity contribution >= 4 is 22.5 Å². The van der Waals surface area contributed by atoms with Crippen LogP contribution in [0.2, 0.25) is 0 Å². The molecular formula is C13H13N3O. The molecule has 0 atom stereocenters. The van der Waals surface area contributed by atoms with Gasteiger partial charge in [-0.1, -0.05) is 6.07 Å². The average Bonchev–Trinajstić information content (AvgIpc) is 2.70. The van der Waals surface area contributed by atoms with Crippen LogP contribution in [-0.2, 0) is 0 Å². The number of rotatable bonds is 2. The lowest BCUT2D eigenvalue weighted by Gasteiger charge is -2.05. The molecule has 0 saturated heterocycles. The lowest BCUT2D eigenvalue weighted by atomic mass is 10.2. The van der Waals surface area contributed by atoms with Crippen LogP contribution in [0.4, 0.5) is 5.69 Å². The van der Waals surface area contributed by atoms with Crippen LogP contribution in [0.25, 0.3) is 15.7 Å². The van der Waals surface area contributed by atoms with Crippen LogP contribution >= 0.6 is 0 Å². The Balaban J connectivity index is 2.38. The summed E-state index contributed by atoms with van der Waals surface area (Å²) in [6.07, 6.45) is 0. The molecule has 4 nitrogen and oxygen atoms in total. The van der Waals surface area contributed by atoms with Crippen LogP contribution < -0.4 is 5.32 Å². The average molecular weight is 227 g/mol. The van der Waals surface area contributed by atoms with E-state index in [2.05, 4.69) is 15.1 Å². The van der Waals surface area contributed by atoms with Gasteiger partial charge in [-0.05, 0) is 37.4 Å². The maximum atomic E-state index is 11.8. The zero-order chi connectivity index (χ0) is 12.4. The Bertz CT molecular complexity index is 605. The molecule has 86 valence electrons. The molecule has 0 bridgehead atoms. The van der Waals surface area contributed by atoms with Crippen LogP contribution in [-0.4, -0.2) is 16.9 Å². The fourth-order valence-electron chi connectivity index (χ4n) is 1.65. The van der Waals surface area contributed by atoms with Gasteiger partial charge in [-0.25, -0.2) is 4.85 Å². The van der Waals surface area contributed by atoms with Gasteiger partial charge in [0.15, 0.2) is 5.69 Å². The second-order valence-corrected chi connectivity index (χ2v) is 4.19. The zero-order valence-electron chi connectivity index (χ0n) is 9.74. The Morgan fingerprint density at radius 3 is 2.82 bits per heavy atom. The number of H-pyrrole nitrogens is 1. The van der Waals surface area contributed by atoms with E-state index < -0.39 is 0 Å². The Morgan fingerprint density at radius 1 is 1.41 bits per heavy atom. The van der Waals surface area contributed by atoms with E-state index in [1.807, 2.05) is 19.9 Å². The van der Waals surface area contributed by atoms with Gasteiger partial charge < -0.3 is 10.3 Å². The summed E-state index contributed by atoms with van der Waals surface area (Å²) in [5.74, 6) is -0.124. The van der Waals surface area contributed by atoms with Crippen molar-refractivity contribution in [1.82, 2.24) is 10.3 Å². The molecule has 1 aromatic carbocycles. The van der Waals surface area contributed by atoms with Crippen molar-refractivity contribution in [2.75, 3.05) is 0 Å². The fraction of sp³-hybridized carbons (Fsp3) is 0.231. The topological polar surface area (TPSA) is 49.2 Å². The maximum absolute atomic E-state index is 11.8. The molecule has 4 heteroatoms. The molecule has 2 rings (SSSR count). The number of carbonyl (C=O) groups is 1. The van der Waals surface area contributed by atoms with E-state index in [1.54, 1.807) is 18.2 Å². The first-order valence-corrected chi connectivity index (χ1v) is 5.41. The van der Waals surface area contributed by atoms with Crippen LogP contribution in [0.3, 0.4) is 0 Å². The second kappa shape index (κ2) is 4.30. The van der Waals surface area contributed by atoms with Gasteiger partial charge in [0, 0.05) is 11.6 Å². The Kier molecular flexibility index (Phi) is 2.84. The highest BCUT2D eigenvalue weighted by molar-refractivity contribution is 5.98. The predicted octanol–water partition coefficient (Wildman–Crippen LogP) is 2.86. The van der Waals surface area contributed by atoms with Gasteiger partial charge in [0.05, 0.1) is 6.57 Å². The number of hydrogen-bond acceptors (Lipinski definition) is 1. The summed E-state index contributed by atoms with van der Waals surface area (Å²) in [5, 5.41) is 3.70. The van der Waals surface area contributed by atoms with Crippen LogP contribution in [0.5, 0.6) is 0 Å². The van der Waals surface area contributed by atoms with Crippen molar-refractivity contribution in [2.24, 2.45) is 0 Å². The Labute approximate surface area is 99.5 Å². The molecule has 1 amide bonds. The molecule has 0 aliphatic heterocycles. The molecule has 0 spiro atoms. The van der Waals surface area contributed by atoms with Gasteiger partial charge in [-0.15, -0.1) is 0 Å². The monoisotopic (exact) mass is 227 g/mol. The number of nitrogens with zero attached hydrogens (tertiary/aromatic N) is 1. The van der Waals surface area contributed by atoms with E-state index in [4.69, 9.17) is 6.57 Å². The smallest absolute Gasteiger partial charge is 0.267 e. The standard InChI is InChI=1S/C13H13N3O/c1-8(2)15-13(17)12-7-9-6-10(14-3)4-5-11(9)16-12/h4-8,16H,1-2H3,(H,15,17). The van der Waals surface area contributed by atoms with Crippen molar-refractivity contribution in [2.45, 2.75) is 19.9 Å². The second-order valence-electron chi connectivity index (χ2n) is 4.19. The van der Waals surface area contributed by atoms with Crippen molar-refractivity contribution in [3.05, 3.63) is 41.4 Å². The van der Waals surface area contributed by atoms with E-state index >= 15 is 0 Å². The van der Waals surface area contributed by atoms with Crippen LogP contribution in [0.1, 0.15) is 24.3 Å². The van der Waals surface area contributed by atoms with Crippen LogP contribution in [0, 0.1) is 6.57 Å². The predicted molar refractivity (Wildman–Crippen MR) is 67.2 cm³/mol. The van der Waals surface area contributed by atoms with Gasteiger partial charge in [0.2, 0.25) is 0 Å². The molecule has 0 fully saturated rings. The SMILES string of the molecule is [C-]#[N+]c1ccc2[nH]c(C(=O)NC(C)C)cc2c1. The number of aromatic amines is 1. The summed E-state index contributed by atoms with van der Waals surface area (Å²) in [6.45, 7) is 10.8. The molecule has 0 radical (unpaired) electrons. The Hall–Kier alpha value is -2.28. The van der Waals surface area contributed by atoms with Gasteiger partial charge >= 0.3 is 0 Å². The van der Waals surface area contributed by atoms with E-state index in [0.29, 0.717) is 11.4 Å². The summed E-state index contributed by atoms with van der Waals surface area (Å²) in [4.78, 5) is 18.2. The molecule has 2 aromatic rings. The minimum absolute atomic E-state index is 0.104.